The van der Waals surface area contributed by atoms with Crippen molar-refractivity contribution in [1.29, 1.82) is 0 Å². The fourth-order valence-electron chi connectivity index (χ4n) is 1.46. The zero-order chi connectivity index (χ0) is 13.9. The van der Waals surface area contributed by atoms with E-state index in [1.807, 2.05) is 12.1 Å². The van der Waals surface area contributed by atoms with Crippen molar-refractivity contribution in [2.75, 3.05) is 27.1 Å². The van der Waals surface area contributed by atoms with Gasteiger partial charge in [0.25, 0.3) is 0 Å². The minimum absolute atomic E-state index is 0.0320. The van der Waals surface area contributed by atoms with Gasteiger partial charge in [-0.1, -0.05) is 15.9 Å². The van der Waals surface area contributed by atoms with Gasteiger partial charge in [-0.2, -0.15) is 0 Å². The Labute approximate surface area is 121 Å². The molecule has 1 aromatic heterocycles. The predicted molar refractivity (Wildman–Crippen MR) is 73.9 cm³/mol. The summed E-state index contributed by atoms with van der Waals surface area (Å²) in [6, 6.07) is 3.78. The van der Waals surface area contributed by atoms with Gasteiger partial charge in [0, 0.05) is 24.3 Å². The lowest BCUT2D eigenvalue weighted by Gasteiger charge is -2.14. The minimum atomic E-state index is -1.02. The van der Waals surface area contributed by atoms with Crippen LogP contribution in [-0.4, -0.2) is 43.1 Å². The molecule has 0 amide bonds. The number of pyridine rings is 1. The van der Waals surface area contributed by atoms with Gasteiger partial charge < -0.3 is 14.2 Å². The summed E-state index contributed by atoms with van der Waals surface area (Å²) in [6.07, 6.45) is 2.76. The van der Waals surface area contributed by atoms with E-state index in [2.05, 4.69) is 25.7 Å². The quantitative estimate of drug-likeness (QED) is 0.374. The van der Waals surface area contributed by atoms with Crippen molar-refractivity contribution in [3.63, 3.8) is 0 Å². The van der Waals surface area contributed by atoms with Crippen molar-refractivity contribution in [3.05, 3.63) is 30.1 Å². The van der Waals surface area contributed by atoms with Gasteiger partial charge in [-0.3, -0.25) is 4.98 Å². The second-order valence-corrected chi connectivity index (χ2v) is 5.37. The summed E-state index contributed by atoms with van der Waals surface area (Å²) in [6.45, 7) is 1.11. The predicted octanol–water partition coefficient (Wildman–Crippen LogP) is 2.71. The van der Waals surface area contributed by atoms with Gasteiger partial charge in [0.1, 0.15) is 13.0 Å². The van der Waals surface area contributed by atoms with Crippen LogP contribution in [0.2, 0.25) is 0 Å². The van der Waals surface area contributed by atoms with E-state index in [-0.39, 0.29) is 18.2 Å². The van der Waals surface area contributed by atoms with Gasteiger partial charge >= 0.3 is 0 Å². The summed E-state index contributed by atoms with van der Waals surface area (Å²) in [5.41, 5.74) is 1.05. The first kappa shape index (κ1) is 16.5. The number of hydrogen-bond donors (Lipinski definition) is 0. The van der Waals surface area contributed by atoms with E-state index in [0.29, 0.717) is 19.6 Å². The van der Waals surface area contributed by atoms with Gasteiger partial charge in [0.15, 0.2) is 0 Å². The number of ether oxygens (including phenoxy) is 3. The zero-order valence-electron chi connectivity index (χ0n) is 10.9. The lowest BCUT2D eigenvalue weighted by molar-refractivity contribution is -0.0491. The number of aromatic nitrogens is 1. The molecule has 2 unspecified atom stereocenters. The zero-order valence-corrected chi connectivity index (χ0v) is 12.5. The average Bonchev–Trinajstić information content (AvgIpc) is 2.40. The normalized spacial score (nSPS) is 14.3. The molecule has 108 valence electrons. The van der Waals surface area contributed by atoms with Crippen molar-refractivity contribution >= 4 is 15.9 Å². The molecule has 0 fully saturated rings. The maximum absolute atomic E-state index is 13.5. The smallest absolute Gasteiger partial charge is 0.146 e. The number of rotatable bonds is 10. The Balaban J connectivity index is 2.08. The van der Waals surface area contributed by atoms with Crippen LogP contribution >= 0.6 is 15.9 Å². The minimum Gasteiger partial charge on any atom is -0.376 e. The first-order chi connectivity index (χ1) is 9.22. The Kier molecular flexibility index (Phi) is 8.90. The Bertz CT molecular complexity index is 329. The third kappa shape index (κ3) is 8.26. The first-order valence-electron chi connectivity index (χ1n) is 6.04. The molecule has 0 aliphatic carbocycles. The second kappa shape index (κ2) is 10.3. The van der Waals surface area contributed by atoms with E-state index in [1.165, 1.54) is 7.11 Å². The Morgan fingerprint density at radius 3 is 2.68 bits per heavy atom. The highest BCUT2D eigenvalue weighted by molar-refractivity contribution is 9.09. The summed E-state index contributed by atoms with van der Waals surface area (Å²) in [7, 11) is 1.51. The van der Waals surface area contributed by atoms with Crippen LogP contribution in [0.4, 0.5) is 4.39 Å². The van der Waals surface area contributed by atoms with Crippen molar-refractivity contribution < 1.29 is 18.6 Å². The van der Waals surface area contributed by atoms with Gasteiger partial charge in [-0.15, -0.1) is 0 Å². The summed E-state index contributed by atoms with van der Waals surface area (Å²) in [5.74, 6) is 0. The molecule has 1 rings (SSSR count). The highest BCUT2D eigenvalue weighted by Gasteiger charge is 2.14. The average molecular weight is 336 g/mol. The molecule has 0 saturated carbocycles. The number of halogens is 2. The Morgan fingerprint density at radius 1 is 1.26 bits per heavy atom. The number of nitrogens with zero attached hydrogens (tertiary/aromatic N) is 1. The molecule has 0 aliphatic rings. The highest BCUT2D eigenvalue weighted by atomic mass is 79.9. The molecule has 0 aliphatic heterocycles. The molecule has 0 radical (unpaired) electrons. The van der Waals surface area contributed by atoms with Crippen molar-refractivity contribution in [1.82, 2.24) is 4.98 Å². The Morgan fingerprint density at radius 2 is 2.00 bits per heavy atom. The molecule has 0 spiro atoms. The van der Waals surface area contributed by atoms with Crippen LogP contribution in [0, 0.1) is 0 Å². The number of methoxy groups -OCH3 is 1. The summed E-state index contributed by atoms with van der Waals surface area (Å²) < 4.78 is 28.6. The molecule has 0 aromatic carbocycles. The van der Waals surface area contributed by atoms with Crippen LogP contribution in [0.1, 0.15) is 12.0 Å². The molecule has 0 saturated heterocycles. The van der Waals surface area contributed by atoms with Crippen LogP contribution in [0.3, 0.4) is 0 Å². The lowest BCUT2D eigenvalue weighted by atomic mass is 10.2. The fraction of sp³-hybridized carbons (Fsp3) is 0.615. The van der Waals surface area contributed by atoms with E-state index in [4.69, 9.17) is 9.47 Å². The number of hydrogen-bond acceptors (Lipinski definition) is 4. The highest BCUT2D eigenvalue weighted by Crippen LogP contribution is 2.13. The fourth-order valence-corrected chi connectivity index (χ4v) is 2.05. The van der Waals surface area contributed by atoms with Crippen LogP contribution < -0.4 is 0 Å². The molecule has 4 nitrogen and oxygen atoms in total. The van der Waals surface area contributed by atoms with E-state index in [0.717, 1.165) is 5.56 Å². The summed E-state index contributed by atoms with van der Waals surface area (Å²) in [4.78, 5) is 3.89. The summed E-state index contributed by atoms with van der Waals surface area (Å²) in [5, 5.41) is 0. The van der Waals surface area contributed by atoms with Crippen molar-refractivity contribution in [2.24, 2.45) is 0 Å². The molecule has 0 bridgehead atoms. The molecule has 1 aromatic rings. The number of alkyl halides is 2. The van der Waals surface area contributed by atoms with Crippen LogP contribution in [0.5, 0.6) is 0 Å². The SMILES string of the molecule is COCOCC(F)CC(Br)COCc1ccncc1. The van der Waals surface area contributed by atoms with Crippen LogP contribution in [-0.2, 0) is 20.8 Å². The molecular formula is C13H19BrFNO3. The lowest BCUT2D eigenvalue weighted by Crippen LogP contribution is -2.19. The maximum atomic E-state index is 13.5. The van der Waals surface area contributed by atoms with Crippen LogP contribution in [0.25, 0.3) is 0 Å². The molecule has 0 N–H and O–H groups in total. The molecule has 19 heavy (non-hydrogen) atoms. The van der Waals surface area contributed by atoms with E-state index in [9.17, 15) is 4.39 Å². The molecule has 6 heteroatoms. The third-order valence-electron chi connectivity index (χ3n) is 2.33. The standard InChI is InChI=1S/C13H19BrFNO3/c1-17-10-19-9-13(15)6-12(14)8-18-7-11-2-4-16-5-3-11/h2-5,12-13H,6-10H2,1H3. The van der Waals surface area contributed by atoms with Crippen molar-refractivity contribution in [3.8, 4) is 0 Å². The molecule has 2 atom stereocenters. The maximum Gasteiger partial charge on any atom is 0.146 e. The Hall–Kier alpha value is -0.560. The van der Waals surface area contributed by atoms with Gasteiger partial charge in [0.05, 0.1) is 19.8 Å². The second-order valence-electron chi connectivity index (χ2n) is 4.08. The van der Waals surface area contributed by atoms with Gasteiger partial charge in [-0.05, 0) is 24.1 Å². The van der Waals surface area contributed by atoms with E-state index in [1.54, 1.807) is 12.4 Å². The topological polar surface area (TPSA) is 40.6 Å². The largest absolute Gasteiger partial charge is 0.376 e. The summed E-state index contributed by atoms with van der Waals surface area (Å²) >= 11 is 3.40. The molecular weight excluding hydrogens is 317 g/mol. The van der Waals surface area contributed by atoms with Gasteiger partial charge in [-0.25, -0.2) is 4.39 Å². The van der Waals surface area contributed by atoms with Gasteiger partial charge in [0.2, 0.25) is 0 Å². The third-order valence-corrected chi connectivity index (χ3v) is 2.97. The first-order valence-corrected chi connectivity index (χ1v) is 6.95. The van der Waals surface area contributed by atoms with E-state index >= 15 is 0 Å². The monoisotopic (exact) mass is 335 g/mol. The van der Waals surface area contributed by atoms with Crippen molar-refractivity contribution in [2.45, 2.75) is 24.0 Å². The van der Waals surface area contributed by atoms with Crippen LogP contribution in [0.15, 0.2) is 24.5 Å². The molecule has 1 heterocycles. The van der Waals surface area contributed by atoms with E-state index < -0.39 is 6.17 Å².